The highest BCUT2D eigenvalue weighted by Crippen LogP contribution is 2.35. The minimum absolute atomic E-state index is 0.152. The molecule has 31 heavy (non-hydrogen) atoms. The average Bonchev–Trinajstić information content (AvgIpc) is 3.08. The second kappa shape index (κ2) is 8.93. The van der Waals surface area contributed by atoms with Gasteiger partial charge in [0.1, 0.15) is 17.6 Å². The Labute approximate surface area is 185 Å². The third-order valence-corrected chi connectivity index (χ3v) is 5.96. The van der Waals surface area contributed by atoms with E-state index in [9.17, 15) is 9.59 Å². The molecule has 160 valence electrons. The first kappa shape index (κ1) is 21.1. The van der Waals surface area contributed by atoms with E-state index in [0.29, 0.717) is 29.0 Å². The molecule has 2 aromatic rings. The van der Waals surface area contributed by atoms with Crippen molar-refractivity contribution in [2.24, 2.45) is 15.9 Å². The van der Waals surface area contributed by atoms with Crippen LogP contribution < -0.4 is 10.1 Å². The molecule has 2 aliphatic heterocycles. The maximum atomic E-state index is 12.7. The molecule has 0 saturated carbocycles. The maximum absolute atomic E-state index is 12.7. The van der Waals surface area contributed by atoms with Gasteiger partial charge in [0.05, 0.1) is 18.6 Å². The Morgan fingerprint density at radius 2 is 1.90 bits per heavy atom. The molecule has 2 aliphatic rings. The van der Waals surface area contributed by atoms with Crippen LogP contribution in [0.5, 0.6) is 5.75 Å². The first-order chi connectivity index (χ1) is 15.0. The lowest BCUT2D eigenvalue weighted by Gasteiger charge is -2.31. The quantitative estimate of drug-likeness (QED) is 0.738. The van der Waals surface area contributed by atoms with Crippen LogP contribution in [-0.2, 0) is 9.59 Å². The van der Waals surface area contributed by atoms with Crippen LogP contribution in [0, 0.1) is 5.92 Å². The fraction of sp³-hybridized carbons (Fsp3) is 0.304. The van der Waals surface area contributed by atoms with Gasteiger partial charge in [-0.1, -0.05) is 37.7 Å². The van der Waals surface area contributed by atoms with Crippen LogP contribution in [0.2, 0.25) is 0 Å². The van der Waals surface area contributed by atoms with Gasteiger partial charge in [0, 0.05) is 11.3 Å². The van der Waals surface area contributed by atoms with E-state index < -0.39 is 0 Å². The summed E-state index contributed by atoms with van der Waals surface area (Å²) in [6.45, 7) is 4.16. The molecule has 0 radical (unpaired) electrons. The van der Waals surface area contributed by atoms with Gasteiger partial charge >= 0.3 is 0 Å². The lowest BCUT2D eigenvalue weighted by molar-refractivity contribution is -0.120. The molecular weight excluding hydrogens is 412 g/mol. The predicted octanol–water partition coefficient (Wildman–Crippen LogP) is 4.07. The summed E-state index contributed by atoms with van der Waals surface area (Å²) in [5.74, 6) is 1.53. The predicted molar refractivity (Wildman–Crippen MR) is 124 cm³/mol. The number of ether oxygens (including phenoxy) is 1. The molecule has 8 heteroatoms. The fourth-order valence-corrected chi connectivity index (χ4v) is 4.43. The first-order valence-electron chi connectivity index (χ1n) is 10.1. The Hall–Kier alpha value is -3.13. The van der Waals surface area contributed by atoms with Crippen LogP contribution in [-0.4, -0.2) is 46.6 Å². The van der Waals surface area contributed by atoms with E-state index in [1.807, 2.05) is 29.2 Å². The molecule has 2 heterocycles. The zero-order valence-electron chi connectivity index (χ0n) is 17.7. The molecule has 0 fully saturated rings. The molecule has 0 aliphatic carbocycles. The maximum Gasteiger partial charge on any atom is 0.270 e. The van der Waals surface area contributed by atoms with Gasteiger partial charge in [-0.25, -0.2) is 4.99 Å². The zero-order valence-corrected chi connectivity index (χ0v) is 18.5. The molecule has 2 amide bonds. The van der Waals surface area contributed by atoms with E-state index in [-0.39, 0.29) is 23.6 Å². The summed E-state index contributed by atoms with van der Waals surface area (Å²) in [6, 6.07) is 14.4. The second-order valence-corrected chi connectivity index (χ2v) is 8.71. The average molecular weight is 437 g/mol. The van der Waals surface area contributed by atoms with Crippen LogP contribution >= 0.6 is 11.8 Å². The molecule has 1 atom stereocenters. The van der Waals surface area contributed by atoms with E-state index in [2.05, 4.69) is 24.2 Å². The molecule has 2 aromatic carbocycles. The number of nitrogens with zero attached hydrogens (tertiary/aromatic N) is 3. The van der Waals surface area contributed by atoms with Gasteiger partial charge < -0.3 is 10.1 Å². The summed E-state index contributed by atoms with van der Waals surface area (Å²) >= 11 is 1.31. The molecule has 1 unspecified atom stereocenters. The number of thioether (sulfide) groups is 1. The van der Waals surface area contributed by atoms with Crippen molar-refractivity contribution in [1.29, 1.82) is 0 Å². The Morgan fingerprint density at radius 1 is 1.16 bits per heavy atom. The Balaban J connectivity index is 1.53. The number of anilines is 1. The minimum atomic E-state index is -0.390. The molecule has 0 saturated heterocycles. The van der Waals surface area contributed by atoms with Crippen molar-refractivity contribution >= 4 is 46.0 Å². The number of hydrogen-bond acceptors (Lipinski definition) is 6. The first-order valence-corrected chi connectivity index (χ1v) is 11.1. The Bertz CT molecular complexity index is 1060. The SMILES string of the molecule is COc1ccc(NC(=O)CSC2=Nc3ccccc3C3=NC(=O)C(CC(C)C)N23)cc1. The van der Waals surface area contributed by atoms with E-state index in [1.165, 1.54) is 11.8 Å². The standard InChI is InChI=1S/C23H24N4O3S/c1-14(2)12-19-22(29)26-21-17-6-4-5-7-18(17)25-23(27(19)21)31-13-20(28)24-15-8-10-16(30-3)11-9-15/h4-11,14,19H,12-13H2,1-3H3,(H,24,28). The van der Waals surface area contributed by atoms with Crippen LogP contribution in [0.4, 0.5) is 11.4 Å². The van der Waals surface area contributed by atoms with Crippen molar-refractivity contribution in [1.82, 2.24) is 4.90 Å². The normalized spacial score (nSPS) is 17.1. The van der Waals surface area contributed by atoms with Gasteiger partial charge in [-0.3, -0.25) is 14.5 Å². The number of benzene rings is 2. The molecule has 0 bridgehead atoms. The number of amides is 2. The molecule has 0 aromatic heterocycles. The number of methoxy groups -OCH3 is 1. The van der Waals surface area contributed by atoms with Crippen molar-refractivity contribution in [3.05, 3.63) is 54.1 Å². The van der Waals surface area contributed by atoms with Gasteiger partial charge in [0.2, 0.25) is 5.91 Å². The van der Waals surface area contributed by atoms with Gasteiger partial charge in [0.25, 0.3) is 5.91 Å². The third-order valence-electron chi connectivity index (χ3n) is 5.01. The number of aliphatic imine (C=N–C) groups is 2. The van der Waals surface area contributed by atoms with Crippen LogP contribution in [0.1, 0.15) is 25.8 Å². The summed E-state index contributed by atoms with van der Waals surface area (Å²) in [6.07, 6.45) is 0.672. The van der Waals surface area contributed by atoms with Crippen LogP contribution in [0.3, 0.4) is 0 Å². The summed E-state index contributed by atoms with van der Waals surface area (Å²) < 4.78 is 5.14. The molecule has 7 nitrogen and oxygen atoms in total. The molecule has 1 N–H and O–H groups in total. The van der Waals surface area contributed by atoms with Crippen molar-refractivity contribution in [2.45, 2.75) is 26.3 Å². The van der Waals surface area contributed by atoms with Crippen LogP contribution in [0.15, 0.2) is 58.5 Å². The summed E-state index contributed by atoms with van der Waals surface area (Å²) in [4.78, 5) is 36.2. The highest BCUT2D eigenvalue weighted by atomic mass is 32.2. The number of rotatable bonds is 6. The van der Waals surface area contributed by atoms with Gasteiger partial charge in [-0.15, -0.1) is 0 Å². The number of carbonyl (C=O) groups excluding carboxylic acids is 2. The lowest BCUT2D eigenvalue weighted by atomic mass is 10.0. The lowest BCUT2D eigenvalue weighted by Crippen LogP contribution is -2.44. The highest BCUT2D eigenvalue weighted by molar-refractivity contribution is 8.14. The number of nitrogens with one attached hydrogen (secondary N) is 1. The number of carbonyl (C=O) groups is 2. The largest absolute Gasteiger partial charge is 0.497 e. The Kier molecular flexibility index (Phi) is 6.08. The van der Waals surface area contributed by atoms with Crippen molar-refractivity contribution in [2.75, 3.05) is 18.2 Å². The number of para-hydroxylation sites is 1. The van der Waals surface area contributed by atoms with E-state index in [1.54, 1.807) is 31.4 Å². The van der Waals surface area contributed by atoms with Crippen LogP contribution in [0.25, 0.3) is 0 Å². The smallest absolute Gasteiger partial charge is 0.270 e. The van der Waals surface area contributed by atoms with Gasteiger partial charge in [-0.2, -0.15) is 4.99 Å². The third kappa shape index (κ3) is 4.49. The molecular formula is C23H24N4O3S. The monoisotopic (exact) mass is 436 g/mol. The van der Waals surface area contributed by atoms with Crippen molar-refractivity contribution in [3.63, 3.8) is 0 Å². The Morgan fingerprint density at radius 3 is 2.61 bits per heavy atom. The minimum Gasteiger partial charge on any atom is -0.497 e. The topological polar surface area (TPSA) is 83.4 Å². The second-order valence-electron chi connectivity index (χ2n) is 7.77. The summed E-state index contributed by atoms with van der Waals surface area (Å²) in [7, 11) is 1.60. The number of amidine groups is 2. The van der Waals surface area contributed by atoms with Gasteiger partial charge in [0.15, 0.2) is 5.17 Å². The zero-order chi connectivity index (χ0) is 22.0. The van der Waals surface area contributed by atoms with E-state index >= 15 is 0 Å². The van der Waals surface area contributed by atoms with Crippen molar-refractivity contribution < 1.29 is 14.3 Å². The number of hydrogen-bond donors (Lipinski definition) is 1. The van der Waals surface area contributed by atoms with Crippen molar-refractivity contribution in [3.8, 4) is 5.75 Å². The van der Waals surface area contributed by atoms with E-state index in [4.69, 9.17) is 9.73 Å². The summed E-state index contributed by atoms with van der Waals surface area (Å²) in [5, 5.41) is 3.50. The van der Waals surface area contributed by atoms with E-state index in [0.717, 1.165) is 17.0 Å². The molecule has 0 spiro atoms. The summed E-state index contributed by atoms with van der Waals surface area (Å²) in [5.41, 5.74) is 2.29. The molecule has 4 rings (SSSR count). The fourth-order valence-electron chi connectivity index (χ4n) is 3.58. The number of fused-ring (bicyclic) bond motifs is 3. The highest BCUT2D eigenvalue weighted by Gasteiger charge is 2.41. The van der Waals surface area contributed by atoms with Gasteiger partial charge in [-0.05, 0) is 48.7 Å².